The molecule has 24 heavy (non-hydrogen) atoms. The van der Waals surface area contributed by atoms with E-state index < -0.39 is 17.8 Å². The van der Waals surface area contributed by atoms with Crippen molar-refractivity contribution in [2.24, 2.45) is 0 Å². The van der Waals surface area contributed by atoms with E-state index in [1.165, 1.54) is 0 Å². The van der Waals surface area contributed by atoms with E-state index in [1.54, 1.807) is 18.2 Å². The lowest BCUT2D eigenvalue weighted by Gasteiger charge is -2.09. The molecule has 0 heterocycles. The van der Waals surface area contributed by atoms with Crippen LogP contribution in [0, 0.1) is 6.92 Å². The number of hydrogen-bond acceptors (Lipinski definition) is 4. The van der Waals surface area contributed by atoms with Gasteiger partial charge in [0.25, 0.3) is 5.91 Å². The van der Waals surface area contributed by atoms with Gasteiger partial charge in [0.1, 0.15) is 5.75 Å². The van der Waals surface area contributed by atoms with Crippen molar-refractivity contribution in [2.45, 2.75) is 6.92 Å². The minimum Gasteiger partial charge on any atom is -0.484 e. The normalized spacial score (nSPS) is 10.0. The summed E-state index contributed by atoms with van der Waals surface area (Å²) in [7, 11) is 0. The fourth-order valence-electron chi connectivity index (χ4n) is 2.00. The van der Waals surface area contributed by atoms with Gasteiger partial charge in [-0.1, -0.05) is 12.1 Å². The van der Waals surface area contributed by atoms with Crippen LogP contribution >= 0.6 is 0 Å². The summed E-state index contributed by atoms with van der Waals surface area (Å²) in [5.41, 5.74) is 1.12. The molecule has 0 spiro atoms. The van der Waals surface area contributed by atoms with Crippen LogP contribution in [-0.4, -0.2) is 34.7 Å². The van der Waals surface area contributed by atoms with Crippen LogP contribution < -0.4 is 10.1 Å². The van der Waals surface area contributed by atoms with Gasteiger partial charge >= 0.3 is 11.9 Å². The van der Waals surface area contributed by atoms with E-state index in [1.807, 2.05) is 13.0 Å². The quantitative estimate of drug-likeness (QED) is 0.750. The summed E-state index contributed by atoms with van der Waals surface area (Å²) in [6, 6.07) is 10.5. The molecule has 7 heteroatoms. The largest absolute Gasteiger partial charge is 0.484 e. The molecule has 2 aromatic rings. The van der Waals surface area contributed by atoms with Gasteiger partial charge in [-0.2, -0.15) is 0 Å². The van der Waals surface area contributed by atoms with E-state index >= 15 is 0 Å². The predicted molar refractivity (Wildman–Crippen MR) is 85.7 cm³/mol. The highest BCUT2D eigenvalue weighted by Gasteiger charge is 2.13. The minimum absolute atomic E-state index is 0.00769. The van der Waals surface area contributed by atoms with Crippen molar-refractivity contribution in [1.82, 2.24) is 0 Å². The second-order valence-corrected chi connectivity index (χ2v) is 5.06. The zero-order chi connectivity index (χ0) is 17.7. The van der Waals surface area contributed by atoms with Crippen LogP contribution in [0.5, 0.6) is 5.75 Å². The van der Waals surface area contributed by atoms with Crippen LogP contribution in [0.15, 0.2) is 42.5 Å². The van der Waals surface area contributed by atoms with Crippen LogP contribution in [0.1, 0.15) is 26.3 Å². The first-order valence-corrected chi connectivity index (χ1v) is 6.96. The molecule has 0 aromatic heterocycles. The third-order valence-corrected chi connectivity index (χ3v) is 3.07. The SMILES string of the molecule is Cc1cccc(NC(=O)COc2cc(C(=O)O)cc(C(=O)O)c2)c1. The Morgan fingerprint density at radius 1 is 1.00 bits per heavy atom. The van der Waals surface area contributed by atoms with Gasteiger partial charge in [-0.05, 0) is 42.8 Å². The van der Waals surface area contributed by atoms with Crippen LogP contribution in [0.2, 0.25) is 0 Å². The van der Waals surface area contributed by atoms with Crippen LogP contribution in [0.3, 0.4) is 0 Å². The number of anilines is 1. The van der Waals surface area contributed by atoms with Gasteiger partial charge in [0.15, 0.2) is 6.61 Å². The van der Waals surface area contributed by atoms with Crippen molar-refractivity contribution < 1.29 is 29.3 Å². The van der Waals surface area contributed by atoms with E-state index in [-0.39, 0.29) is 23.5 Å². The summed E-state index contributed by atoms with van der Waals surface area (Å²) in [5.74, 6) is -3.02. The van der Waals surface area contributed by atoms with Gasteiger partial charge in [0, 0.05) is 5.69 Å². The molecular formula is C17H15NO6. The summed E-state index contributed by atoms with van der Waals surface area (Å²) in [5, 5.41) is 20.6. The number of benzene rings is 2. The lowest BCUT2D eigenvalue weighted by molar-refractivity contribution is -0.118. The van der Waals surface area contributed by atoms with Gasteiger partial charge in [-0.15, -0.1) is 0 Å². The van der Waals surface area contributed by atoms with Crippen molar-refractivity contribution in [3.63, 3.8) is 0 Å². The summed E-state index contributed by atoms with van der Waals surface area (Å²) in [6.07, 6.45) is 0. The molecule has 0 aliphatic rings. The maximum atomic E-state index is 11.9. The average molecular weight is 329 g/mol. The molecule has 0 saturated carbocycles. The predicted octanol–water partition coefficient (Wildman–Crippen LogP) is 2.41. The molecule has 0 aliphatic carbocycles. The van der Waals surface area contributed by atoms with Crippen LogP contribution in [0.4, 0.5) is 5.69 Å². The first-order valence-electron chi connectivity index (χ1n) is 6.96. The molecule has 2 rings (SSSR count). The molecule has 3 N–H and O–H groups in total. The number of rotatable bonds is 6. The third-order valence-electron chi connectivity index (χ3n) is 3.07. The highest BCUT2D eigenvalue weighted by molar-refractivity contribution is 5.95. The van der Waals surface area contributed by atoms with E-state index in [4.69, 9.17) is 14.9 Å². The van der Waals surface area contributed by atoms with E-state index in [0.717, 1.165) is 23.8 Å². The molecule has 0 atom stereocenters. The topological polar surface area (TPSA) is 113 Å². The maximum Gasteiger partial charge on any atom is 0.335 e. The maximum absolute atomic E-state index is 11.9. The van der Waals surface area contributed by atoms with Gasteiger partial charge in [0.2, 0.25) is 0 Å². The van der Waals surface area contributed by atoms with Gasteiger partial charge in [-0.25, -0.2) is 9.59 Å². The fraction of sp³-hybridized carbons (Fsp3) is 0.118. The number of aryl methyl sites for hydroxylation is 1. The van der Waals surface area contributed by atoms with Crippen LogP contribution in [0.25, 0.3) is 0 Å². The Hall–Kier alpha value is -3.35. The van der Waals surface area contributed by atoms with Crippen molar-refractivity contribution in [3.8, 4) is 5.75 Å². The number of ether oxygens (including phenoxy) is 1. The summed E-state index contributed by atoms with van der Waals surface area (Å²) >= 11 is 0. The smallest absolute Gasteiger partial charge is 0.335 e. The molecule has 0 aliphatic heterocycles. The average Bonchev–Trinajstić information content (AvgIpc) is 2.52. The first kappa shape index (κ1) is 17.0. The summed E-state index contributed by atoms with van der Waals surface area (Å²) < 4.78 is 5.21. The molecule has 0 saturated heterocycles. The van der Waals surface area contributed by atoms with Crippen molar-refractivity contribution in [1.29, 1.82) is 0 Å². The molecular weight excluding hydrogens is 314 g/mol. The molecule has 7 nitrogen and oxygen atoms in total. The molecule has 0 radical (unpaired) electrons. The van der Waals surface area contributed by atoms with E-state index in [2.05, 4.69) is 5.32 Å². The molecule has 0 bridgehead atoms. The minimum atomic E-state index is -1.29. The Kier molecular flexibility index (Phi) is 5.16. The Morgan fingerprint density at radius 3 is 2.17 bits per heavy atom. The monoisotopic (exact) mass is 329 g/mol. The highest BCUT2D eigenvalue weighted by atomic mass is 16.5. The molecule has 124 valence electrons. The van der Waals surface area contributed by atoms with Crippen molar-refractivity contribution >= 4 is 23.5 Å². The standard InChI is InChI=1S/C17H15NO6/c1-10-3-2-4-13(5-10)18-15(19)9-24-14-7-11(16(20)21)6-12(8-14)17(22)23/h2-8H,9H2,1H3,(H,18,19)(H,20,21)(H,22,23). The van der Waals surface area contributed by atoms with Gasteiger partial charge in [0.05, 0.1) is 11.1 Å². The lowest BCUT2D eigenvalue weighted by Crippen LogP contribution is -2.20. The Morgan fingerprint density at radius 2 is 1.62 bits per heavy atom. The van der Waals surface area contributed by atoms with Crippen molar-refractivity contribution in [3.05, 3.63) is 59.2 Å². The molecule has 0 fully saturated rings. The number of carboxylic acid groups (broad SMARTS) is 2. The fourth-order valence-corrected chi connectivity index (χ4v) is 2.00. The number of carbonyl (C=O) groups excluding carboxylic acids is 1. The second kappa shape index (κ2) is 7.28. The summed E-state index contributed by atoms with van der Waals surface area (Å²) in [4.78, 5) is 33.9. The number of carboxylic acids is 2. The Bertz CT molecular complexity index is 767. The van der Waals surface area contributed by atoms with E-state index in [0.29, 0.717) is 5.69 Å². The number of aromatic carboxylic acids is 2. The Balaban J connectivity index is 2.06. The van der Waals surface area contributed by atoms with E-state index in [9.17, 15) is 14.4 Å². The van der Waals surface area contributed by atoms with Gasteiger partial charge in [-0.3, -0.25) is 4.79 Å². The second-order valence-electron chi connectivity index (χ2n) is 5.06. The first-order chi connectivity index (χ1) is 11.3. The number of nitrogens with one attached hydrogen (secondary N) is 1. The van der Waals surface area contributed by atoms with Crippen LogP contribution in [-0.2, 0) is 4.79 Å². The van der Waals surface area contributed by atoms with Gasteiger partial charge < -0.3 is 20.3 Å². The third kappa shape index (κ3) is 4.57. The number of amides is 1. The molecule has 0 unspecified atom stereocenters. The number of hydrogen-bond donors (Lipinski definition) is 3. The summed E-state index contributed by atoms with van der Waals surface area (Å²) in [6.45, 7) is 1.51. The zero-order valence-electron chi connectivity index (χ0n) is 12.8. The Labute approximate surface area is 137 Å². The number of carbonyl (C=O) groups is 3. The zero-order valence-corrected chi connectivity index (χ0v) is 12.8. The molecule has 2 aromatic carbocycles. The lowest BCUT2D eigenvalue weighted by atomic mass is 10.1. The molecule has 1 amide bonds. The highest BCUT2D eigenvalue weighted by Crippen LogP contribution is 2.18. The van der Waals surface area contributed by atoms with Crippen molar-refractivity contribution in [2.75, 3.05) is 11.9 Å².